The smallest absolute Gasteiger partial charge is 0.217 e. The van der Waals surface area contributed by atoms with E-state index in [4.69, 9.17) is 9.47 Å². The Morgan fingerprint density at radius 3 is 3.14 bits per heavy atom. The molecule has 0 spiro atoms. The monoisotopic (exact) mass is 291 g/mol. The van der Waals surface area contributed by atoms with Gasteiger partial charge in [0.25, 0.3) is 0 Å². The number of hydrogen-bond acceptors (Lipinski definition) is 5. The lowest BCUT2D eigenvalue weighted by Gasteiger charge is -2.37. The number of rotatable bonds is 3. The zero-order chi connectivity index (χ0) is 14.7. The molecule has 5 heteroatoms. The first-order valence-corrected chi connectivity index (χ1v) is 7.76. The Labute approximate surface area is 126 Å². The predicted octanol–water partition coefficient (Wildman–Crippen LogP) is 1.24. The van der Waals surface area contributed by atoms with E-state index in [1.54, 1.807) is 13.3 Å². The highest BCUT2D eigenvalue weighted by Crippen LogP contribution is 2.26. The average molecular weight is 291 g/mol. The van der Waals surface area contributed by atoms with E-state index >= 15 is 0 Å². The number of likely N-dealkylation sites (N-methyl/N-ethyl adjacent to an activating group) is 1. The van der Waals surface area contributed by atoms with Crippen LogP contribution in [0.5, 0.6) is 5.88 Å². The van der Waals surface area contributed by atoms with Gasteiger partial charge in [-0.3, -0.25) is 4.90 Å². The number of ether oxygens (including phenoxy) is 2. The fourth-order valence-electron chi connectivity index (χ4n) is 3.39. The lowest BCUT2D eigenvalue weighted by atomic mass is 9.93. The molecular weight excluding hydrogens is 266 g/mol. The second kappa shape index (κ2) is 6.73. The molecule has 3 rings (SSSR count). The fourth-order valence-corrected chi connectivity index (χ4v) is 3.39. The number of aromatic nitrogens is 1. The maximum absolute atomic E-state index is 6.07. The molecule has 0 bridgehead atoms. The Morgan fingerprint density at radius 1 is 1.38 bits per heavy atom. The van der Waals surface area contributed by atoms with Gasteiger partial charge in [0.15, 0.2) is 0 Å². The summed E-state index contributed by atoms with van der Waals surface area (Å²) in [5.41, 5.74) is 1.16. The SMILES string of the molecule is COc1ncccc1CN1CC[C@@H]2CN(C)CCO[C@@H]2C1. The number of piperidine rings is 1. The molecule has 5 nitrogen and oxygen atoms in total. The van der Waals surface area contributed by atoms with Gasteiger partial charge in [-0.1, -0.05) is 6.07 Å². The molecular formula is C16H25N3O2. The van der Waals surface area contributed by atoms with Crippen LogP contribution >= 0.6 is 0 Å². The average Bonchev–Trinajstić information content (AvgIpc) is 2.68. The minimum absolute atomic E-state index is 0.367. The summed E-state index contributed by atoms with van der Waals surface area (Å²) in [6.07, 6.45) is 3.35. The summed E-state index contributed by atoms with van der Waals surface area (Å²) in [7, 11) is 3.88. The zero-order valence-electron chi connectivity index (χ0n) is 13.0. The van der Waals surface area contributed by atoms with Gasteiger partial charge in [-0.15, -0.1) is 0 Å². The van der Waals surface area contributed by atoms with Gasteiger partial charge in [-0.2, -0.15) is 0 Å². The minimum atomic E-state index is 0.367. The van der Waals surface area contributed by atoms with Crippen molar-refractivity contribution in [3.8, 4) is 5.88 Å². The van der Waals surface area contributed by atoms with Crippen molar-refractivity contribution >= 4 is 0 Å². The Kier molecular flexibility index (Phi) is 4.73. The lowest BCUT2D eigenvalue weighted by Crippen LogP contribution is -2.46. The largest absolute Gasteiger partial charge is 0.481 e. The second-order valence-electron chi connectivity index (χ2n) is 6.13. The van der Waals surface area contributed by atoms with Gasteiger partial charge in [0.2, 0.25) is 5.88 Å². The van der Waals surface area contributed by atoms with Crippen molar-refractivity contribution < 1.29 is 9.47 Å². The third kappa shape index (κ3) is 3.54. The van der Waals surface area contributed by atoms with Crippen LogP contribution in [0.15, 0.2) is 18.3 Å². The van der Waals surface area contributed by atoms with Gasteiger partial charge in [-0.25, -0.2) is 4.98 Å². The normalized spacial score (nSPS) is 27.9. The van der Waals surface area contributed by atoms with Crippen LogP contribution in [0.3, 0.4) is 0 Å². The summed E-state index contributed by atoms with van der Waals surface area (Å²) in [5.74, 6) is 1.41. The van der Waals surface area contributed by atoms with Gasteiger partial charge in [-0.05, 0) is 26.1 Å². The van der Waals surface area contributed by atoms with E-state index in [0.717, 1.165) is 50.8 Å². The van der Waals surface area contributed by atoms with Crippen LogP contribution in [0, 0.1) is 5.92 Å². The van der Waals surface area contributed by atoms with E-state index < -0.39 is 0 Å². The maximum atomic E-state index is 6.07. The summed E-state index contributed by atoms with van der Waals surface area (Å²) >= 11 is 0. The Hall–Kier alpha value is -1.17. The molecule has 2 fully saturated rings. The van der Waals surface area contributed by atoms with Crippen LogP contribution in [-0.4, -0.2) is 67.8 Å². The van der Waals surface area contributed by atoms with Crippen molar-refractivity contribution in [1.29, 1.82) is 0 Å². The van der Waals surface area contributed by atoms with E-state index in [9.17, 15) is 0 Å². The molecule has 3 heterocycles. The molecule has 2 aliphatic heterocycles. The second-order valence-corrected chi connectivity index (χ2v) is 6.13. The Balaban J connectivity index is 1.63. The van der Waals surface area contributed by atoms with Crippen LogP contribution in [0.4, 0.5) is 0 Å². The van der Waals surface area contributed by atoms with Crippen molar-refractivity contribution in [3.63, 3.8) is 0 Å². The van der Waals surface area contributed by atoms with E-state index in [1.807, 2.05) is 6.07 Å². The van der Waals surface area contributed by atoms with Crippen molar-refractivity contribution in [2.45, 2.75) is 19.1 Å². The molecule has 0 radical (unpaired) electrons. The third-order valence-electron chi connectivity index (χ3n) is 4.57. The summed E-state index contributed by atoms with van der Waals surface area (Å²) in [6.45, 7) is 6.08. The first-order chi connectivity index (χ1) is 10.3. The molecule has 0 N–H and O–H groups in total. The van der Waals surface area contributed by atoms with Gasteiger partial charge >= 0.3 is 0 Å². The molecule has 2 aliphatic rings. The summed E-state index contributed by atoms with van der Waals surface area (Å²) in [4.78, 5) is 9.14. The number of methoxy groups -OCH3 is 1. The molecule has 0 amide bonds. The highest BCUT2D eigenvalue weighted by molar-refractivity contribution is 5.25. The number of pyridine rings is 1. The lowest BCUT2D eigenvalue weighted by molar-refractivity contribution is -0.0243. The van der Waals surface area contributed by atoms with E-state index in [0.29, 0.717) is 12.0 Å². The molecule has 116 valence electrons. The standard InChI is InChI=1S/C16H25N3O2/c1-18-8-9-21-15-12-19(7-5-13(15)10-18)11-14-4-3-6-17-16(14)20-2/h3-4,6,13,15H,5,7-12H2,1-2H3/t13-,15-/m1/s1. The summed E-state index contributed by atoms with van der Waals surface area (Å²) in [5, 5.41) is 0. The number of likely N-dealkylation sites (tertiary alicyclic amines) is 1. The van der Waals surface area contributed by atoms with Crippen LogP contribution in [0.2, 0.25) is 0 Å². The van der Waals surface area contributed by atoms with Crippen LogP contribution < -0.4 is 4.74 Å². The highest BCUT2D eigenvalue weighted by Gasteiger charge is 2.32. The molecule has 0 saturated carbocycles. The van der Waals surface area contributed by atoms with Gasteiger partial charge in [0, 0.05) is 43.9 Å². The van der Waals surface area contributed by atoms with Crippen molar-refractivity contribution in [2.75, 3.05) is 46.9 Å². The highest BCUT2D eigenvalue weighted by atomic mass is 16.5. The van der Waals surface area contributed by atoms with E-state index in [-0.39, 0.29) is 0 Å². The molecule has 0 unspecified atom stereocenters. The third-order valence-corrected chi connectivity index (χ3v) is 4.57. The first kappa shape index (κ1) is 14.8. The predicted molar refractivity (Wildman–Crippen MR) is 81.4 cm³/mol. The Morgan fingerprint density at radius 2 is 2.29 bits per heavy atom. The van der Waals surface area contributed by atoms with Gasteiger partial charge in [0.05, 0.1) is 19.8 Å². The molecule has 1 aromatic rings. The van der Waals surface area contributed by atoms with Crippen LogP contribution in [-0.2, 0) is 11.3 Å². The quantitative estimate of drug-likeness (QED) is 0.838. The molecule has 2 atom stereocenters. The molecule has 1 aromatic heterocycles. The van der Waals surface area contributed by atoms with Gasteiger partial charge in [0.1, 0.15) is 0 Å². The number of fused-ring (bicyclic) bond motifs is 1. The van der Waals surface area contributed by atoms with E-state index in [2.05, 4.69) is 27.9 Å². The van der Waals surface area contributed by atoms with Crippen molar-refractivity contribution in [3.05, 3.63) is 23.9 Å². The van der Waals surface area contributed by atoms with Gasteiger partial charge < -0.3 is 14.4 Å². The molecule has 0 aromatic carbocycles. The minimum Gasteiger partial charge on any atom is -0.481 e. The Bertz CT molecular complexity index is 469. The van der Waals surface area contributed by atoms with Crippen molar-refractivity contribution in [1.82, 2.24) is 14.8 Å². The molecule has 21 heavy (non-hydrogen) atoms. The maximum Gasteiger partial charge on any atom is 0.217 e. The van der Waals surface area contributed by atoms with E-state index in [1.165, 1.54) is 6.42 Å². The first-order valence-electron chi connectivity index (χ1n) is 7.76. The van der Waals surface area contributed by atoms with Crippen LogP contribution in [0.25, 0.3) is 0 Å². The summed E-state index contributed by atoms with van der Waals surface area (Å²) in [6, 6.07) is 4.07. The van der Waals surface area contributed by atoms with Crippen molar-refractivity contribution in [2.24, 2.45) is 5.92 Å². The topological polar surface area (TPSA) is 37.8 Å². The number of hydrogen-bond donors (Lipinski definition) is 0. The zero-order valence-corrected chi connectivity index (χ0v) is 13.0. The number of nitrogens with zero attached hydrogens (tertiary/aromatic N) is 3. The molecule has 0 aliphatic carbocycles. The molecule has 2 saturated heterocycles. The summed E-state index contributed by atoms with van der Waals surface area (Å²) < 4.78 is 11.4. The van der Waals surface area contributed by atoms with Crippen LogP contribution in [0.1, 0.15) is 12.0 Å². The fraction of sp³-hybridized carbons (Fsp3) is 0.688.